The highest BCUT2D eigenvalue weighted by Gasteiger charge is 2.52. The van der Waals surface area contributed by atoms with Gasteiger partial charge in [-0.1, -0.05) is 36.4 Å². The van der Waals surface area contributed by atoms with E-state index in [1.54, 1.807) is 12.2 Å². The second-order valence-corrected chi connectivity index (χ2v) is 6.95. The normalized spacial score (nSPS) is 28.9. The van der Waals surface area contributed by atoms with Crippen molar-refractivity contribution in [2.45, 2.75) is 38.8 Å². The Morgan fingerprint density at radius 1 is 1.10 bits per heavy atom. The van der Waals surface area contributed by atoms with Crippen molar-refractivity contribution in [2.75, 3.05) is 0 Å². The second-order valence-electron chi connectivity index (χ2n) is 6.95. The average Bonchev–Trinajstić information content (AvgIpc) is 2.72. The summed E-state index contributed by atoms with van der Waals surface area (Å²) >= 11 is 0. The number of likely N-dealkylation sites (tertiary alicyclic amines) is 1. The van der Waals surface area contributed by atoms with Crippen molar-refractivity contribution in [2.24, 2.45) is 11.8 Å². The van der Waals surface area contributed by atoms with Gasteiger partial charge in [-0.25, -0.2) is 0 Å². The van der Waals surface area contributed by atoms with Gasteiger partial charge in [0.15, 0.2) is 5.78 Å². The summed E-state index contributed by atoms with van der Waals surface area (Å²) in [5, 5.41) is 0. The lowest BCUT2D eigenvalue weighted by atomic mass is 9.79. The van der Waals surface area contributed by atoms with E-state index in [9.17, 15) is 9.59 Å². The van der Waals surface area contributed by atoms with Crippen LogP contribution in [-0.4, -0.2) is 22.1 Å². The molecule has 0 radical (unpaired) electrons. The van der Waals surface area contributed by atoms with Gasteiger partial charge in [-0.3, -0.25) is 9.59 Å². The molecule has 3 rings (SSSR count). The minimum atomic E-state index is -0.258. The van der Waals surface area contributed by atoms with Gasteiger partial charge in [0.2, 0.25) is 5.91 Å². The van der Waals surface area contributed by atoms with Gasteiger partial charge in [-0.05, 0) is 32.4 Å². The molecular weight excluding hydrogens is 262 g/mol. The van der Waals surface area contributed by atoms with Gasteiger partial charge in [0.05, 0.1) is 12.0 Å². The molecule has 1 saturated heterocycles. The predicted octanol–water partition coefficient (Wildman–Crippen LogP) is 3.13. The molecule has 1 unspecified atom stereocenters. The number of carbonyl (C=O) groups excluding carboxylic acids is 2. The number of hydrogen-bond acceptors (Lipinski definition) is 2. The molecule has 0 saturated carbocycles. The molecule has 1 amide bonds. The zero-order valence-electron chi connectivity index (χ0n) is 12.7. The molecular formula is C18H21NO2. The molecule has 1 heterocycles. The van der Waals surface area contributed by atoms with Crippen LogP contribution in [0.5, 0.6) is 0 Å². The number of rotatable bonds is 1. The Kier molecular flexibility index (Phi) is 3.23. The summed E-state index contributed by atoms with van der Waals surface area (Å²) < 4.78 is 0. The maximum atomic E-state index is 12.8. The Hall–Kier alpha value is -1.90. The number of allylic oxidation sites excluding steroid dienone is 1. The van der Waals surface area contributed by atoms with E-state index < -0.39 is 0 Å². The zero-order valence-corrected chi connectivity index (χ0v) is 12.7. The van der Waals surface area contributed by atoms with Crippen LogP contribution in [0.15, 0.2) is 42.5 Å². The number of carbonyl (C=O) groups is 2. The smallest absolute Gasteiger partial charge is 0.230 e. The van der Waals surface area contributed by atoms with Crippen LogP contribution < -0.4 is 0 Å². The second kappa shape index (κ2) is 4.83. The fourth-order valence-electron chi connectivity index (χ4n) is 3.64. The van der Waals surface area contributed by atoms with E-state index in [1.807, 2.05) is 23.1 Å². The molecule has 0 N–H and O–H groups in total. The first-order valence-corrected chi connectivity index (χ1v) is 7.49. The zero-order chi connectivity index (χ0) is 15.2. The van der Waals surface area contributed by atoms with E-state index in [-0.39, 0.29) is 35.1 Å². The maximum Gasteiger partial charge on any atom is 0.230 e. The summed E-state index contributed by atoms with van der Waals surface area (Å²) in [6.45, 7) is 6.18. The van der Waals surface area contributed by atoms with E-state index in [1.165, 1.54) is 0 Å². The van der Waals surface area contributed by atoms with Gasteiger partial charge >= 0.3 is 0 Å². The maximum absolute atomic E-state index is 12.8. The van der Waals surface area contributed by atoms with Crippen molar-refractivity contribution in [3.8, 4) is 0 Å². The third kappa shape index (κ3) is 2.31. The van der Waals surface area contributed by atoms with Crippen LogP contribution in [-0.2, 0) is 9.59 Å². The number of nitrogens with zero attached hydrogens (tertiary/aromatic N) is 1. The van der Waals surface area contributed by atoms with Gasteiger partial charge < -0.3 is 4.90 Å². The molecule has 1 aliphatic carbocycles. The predicted molar refractivity (Wildman–Crippen MR) is 81.5 cm³/mol. The lowest BCUT2D eigenvalue weighted by Crippen LogP contribution is -2.44. The summed E-state index contributed by atoms with van der Waals surface area (Å²) in [6, 6.07) is 10.1. The number of ketones is 1. The summed E-state index contributed by atoms with van der Waals surface area (Å²) in [5.41, 5.74) is 0.864. The Labute approximate surface area is 125 Å². The highest BCUT2D eigenvalue weighted by atomic mass is 16.2. The Morgan fingerprint density at radius 2 is 1.76 bits per heavy atom. The van der Waals surface area contributed by atoms with Crippen LogP contribution >= 0.6 is 0 Å². The summed E-state index contributed by atoms with van der Waals surface area (Å²) in [5.74, 6) is 0.162. The van der Waals surface area contributed by atoms with Gasteiger partial charge in [0.1, 0.15) is 0 Å². The largest absolute Gasteiger partial charge is 0.330 e. The van der Waals surface area contributed by atoms with E-state index in [0.29, 0.717) is 6.42 Å². The lowest BCUT2D eigenvalue weighted by Gasteiger charge is -2.39. The van der Waals surface area contributed by atoms with Crippen LogP contribution in [0, 0.1) is 11.8 Å². The molecule has 0 bridgehead atoms. The SMILES string of the molecule is CC(C)(C)N1C(=O)[C@@H]2C=CC(=O)C[C@@H]2C1c1ccccc1. The first kappa shape index (κ1) is 14.1. The number of hydrogen-bond donors (Lipinski definition) is 0. The topological polar surface area (TPSA) is 37.4 Å². The number of fused-ring (bicyclic) bond motifs is 1. The van der Waals surface area contributed by atoms with E-state index in [2.05, 4.69) is 32.9 Å². The average molecular weight is 283 g/mol. The fourth-order valence-corrected chi connectivity index (χ4v) is 3.64. The molecule has 1 aromatic rings. The van der Waals surface area contributed by atoms with Crippen molar-refractivity contribution in [3.63, 3.8) is 0 Å². The van der Waals surface area contributed by atoms with Crippen molar-refractivity contribution >= 4 is 11.7 Å². The van der Waals surface area contributed by atoms with Crippen LogP contribution in [0.2, 0.25) is 0 Å². The Balaban J connectivity index is 2.10. The van der Waals surface area contributed by atoms with Gasteiger partial charge in [0, 0.05) is 17.9 Å². The molecule has 21 heavy (non-hydrogen) atoms. The van der Waals surface area contributed by atoms with Crippen molar-refractivity contribution < 1.29 is 9.59 Å². The molecule has 2 aliphatic rings. The molecule has 3 heteroatoms. The van der Waals surface area contributed by atoms with Crippen molar-refractivity contribution in [3.05, 3.63) is 48.0 Å². The first-order chi connectivity index (χ1) is 9.89. The van der Waals surface area contributed by atoms with E-state index in [4.69, 9.17) is 0 Å². The molecule has 0 spiro atoms. The fraction of sp³-hybridized carbons (Fsp3) is 0.444. The quantitative estimate of drug-likeness (QED) is 0.794. The number of amides is 1. The molecule has 1 aromatic carbocycles. The Morgan fingerprint density at radius 3 is 2.38 bits per heavy atom. The molecule has 3 atom stereocenters. The van der Waals surface area contributed by atoms with E-state index >= 15 is 0 Å². The highest BCUT2D eigenvalue weighted by Crippen LogP contribution is 2.48. The lowest BCUT2D eigenvalue weighted by molar-refractivity contribution is -0.135. The van der Waals surface area contributed by atoms with Gasteiger partial charge in [0.25, 0.3) is 0 Å². The van der Waals surface area contributed by atoms with Gasteiger partial charge in [-0.2, -0.15) is 0 Å². The summed E-state index contributed by atoms with van der Waals surface area (Å²) in [6.07, 6.45) is 3.84. The third-order valence-corrected chi connectivity index (χ3v) is 4.46. The minimum absolute atomic E-state index is 0.0161. The standard InChI is InChI=1S/C18H21NO2/c1-18(2,3)19-16(12-7-5-4-6-8-12)15-11-13(20)9-10-14(15)17(19)21/h4-10,14-16H,11H2,1-3H3/t14-,15+,16?/m1/s1. The van der Waals surface area contributed by atoms with Crippen LogP contribution in [0.25, 0.3) is 0 Å². The molecule has 1 fully saturated rings. The summed E-state index contributed by atoms with van der Waals surface area (Å²) in [4.78, 5) is 26.6. The highest BCUT2D eigenvalue weighted by molar-refractivity contribution is 5.95. The van der Waals surface area contributed by atoms with Gasteiger partial charge in [-0.15, -0.1) is 0 Å². The Bertz CT molecular complexity index is 597. The number of benzene rings is 1. The van der Waals surface area contributed by atoms with Crippen LogP contribution in [0.4, 0.5) is 0 Å². The van der Waals surface area contributed by atoms with Crippen molar-refractivity contribution in [1.29, 1.82) is 0 Å². The minimum Gasteiger partial charge on any atom is -0.330 e. The molecule has 1 aliphatic heterocycles. The summed E-state index contributed by atoms with van der Waals surface area (Å²) in [7, 11) is 0. The molecule has 0 aromatic heterocycles. The molecule has 110 valence electrons. The van der Waals surface area contributed by atoms with Crippen molar-refractivity contribution in [1.82, 2.24) is 4.90 Å². The first-order valence-electron chi connectivity index (χ1n) is 7.49. The molecule has 3 nitrogen and oxygen atoms in total. The third-order valence-electron chi connectivity index (χ3n) is 4.46. The monoisotopic (exact) mass is 283 g/mol. The van der Waals surface area contributed by atoms with E-state index in [0.717, 1.165) is 5.56 Å². The van der Waals surface area contributed by atoms with Crippen LogP contribution in [0.1, 0.15) is 38.8 Å². The van der Waals surface area contributed by atoms with Crippen LogP contribution in [0.3, 0.4) is 0 Å².